The summed E-state index contributed by atoms with van der Waals surface area (Å²) in [6.45, 7) is 1.22. The van der Waals surface area contributed by atoms with E-state index >= 15 is 0 Å². The molecule has 3 rings (SSSR count). The molecule has 4 heteroatoms. The van der Waals surface area contributed by atoms with Crippen molar-refractivity contribution in [2.45, 2.75) is 18.9 Å². The predicted octanol–water partition coefficient (Wildman–Crippen LogP) is 3.65. The van der Waals surface area contributed by atoms with Gasteiger partial charge in [-0.15, -0.1) is 0 Å². The van der Waals surface area contributed by atoms with Crippen LogP contribution in [0.2, 0.25) is 0 Å². The first-order chi connectivity index (χ1) is 10.7. The Bertz CT molecular complexity index is 639. The molecule has 1 atom stereocenters. The Morgan fingerprint density at radius 2 is 2.00 bits per heavy atom. The van der Waals surface area contributed by atoms with E-state index in [1.54, 1.807) is 17.0 Å². The lowest BCUT2D eigenvalue weighted by Gasteiger charge is -2.25. The van der Waals surface area contributed by atoms with Crippen LogP contribution < -0.4 is 4.90 Å². The molecule has 0 aromatic heterocycles. The highest BCUT2D eigenvalue weighted by molar-refractivity contribution is 6.06. The van der Waals surface area contributed by atoms with Crippen molar-refractivity contribution in [2.75, 3.05) is 18.1 Å². The molecule has 114 valence electrons. The third-order valence-electron chi connectivity index (χ3n) is 3.79. The number of halogens is 1. The Morgan fingerprint density at radius 3 is 2.68 bits per heavy atom. The van der Waals surface area contributed by atoms with Crippen molar-refractivity contribution in [1.29, 1.82) is 0 Å². The number of para-hydroxylation sites is 1. The second-order valence-corrected chi connectivity index (χ2v) is 5.40. The first kappa shape index (κ1) is 14.7. The summed E-state index contributed by atoms with van der Waals surface area (Å²) < 4.78 is 19.0. The third-order valence-corrected chi connectivity index (χ3v) is 3.79. The molecule has 1 heterocycles. The van der Waals surface area contributed by atoms with Gasteiger partial charge in [0.15, 0.2) is 0 Å². The second-order valence-electron chi connectivity index (χ2n) is 5.40. The summed E-state index contributed by atoms with van der Waals surface area (Å²) in [5.74, 6) is -0.614. The zero-order valence-electron chi connectivity index (χ0n) is 12.2. The van der Waals surface area contributed by atoms with Crippen LogP contribution in [0.5, 0.6) is 0 Å². The lowest BCUT2D eigenvalue weighted by Crippen LogP contribution is -2.37. The summed E-state index contributed by atoms with van der Waals surface area (Å²) in [6, 6.07) is 15.2. The Kier molecular flexibility index (Phi) is 4.49. The maximum atomic E-state index is 13.4. The van der Waals surface area contributed by atoms with Crippen LogP contribution in [0.1, 0.15) is 23.2 Å². The molecule has 1 fully saturated rings. The minimum Gasteiger partial charge on any atom is -0.376 e. The normalized spacial score (nSPS) is 17.4. The van der Waals surface area contributed by atoms with Gasteiger partial charge in [-0.25, -0.2) is 4.39 Å². The summed E-state index contributed by atoms with van der Waals surface area (Å²) in [4.78, 5) is 14.5. The minimum atomic E-state index is -0.407. The maximum Gasteiger partial charge on any atom is 0.258 e. The number of benzene rings is 2. The molecule has 1 amide bonds. The van der Waals surface area contributed by atoms with Crippen LogP contribution in [0.15, 0.2) is 54.6 Å². The SMILES string of the molecule is O=C(c1cccc(F)c1)N(CC1CCCO1)c1ccccc1. The average molecular weight is 299 g/mol. The Balaban J connectivity index is 1.88. The van der Waals surface area contributed by atoms with E-state index in [1.165, 1.54) is 12.1 Å². The number of rotatable bonds is 4. The molecule has 0 saturated carbocycles. The molecule has 22 heavy (non-hydrogen) atoms. The van der Waals surface area contributed by atoms with Crippen LogP contribution in [-0.2, 0) is 4.74 Å². The van der Waals surface area contributed by atoms with Gasteiger partial charge in [-0.05, 0) is 43.2 Å². The predicted molar refractivity (Wildman–Crippen MR) is 83.5 cm³/mol. The van der Waals surface area contributed by atoms with Crippen molar-refractivity contribution in [1.82, 2.24) is 0 Å². The molecule has 0 N–H and O–H groups in total. The topological polar surface area (TPSA) is 29.5 Å². The van der Waals surface area contributed by atoms with Gasteiger partial charge in [0.2, 0.25) is 0 Å². The number of anilines is 1. The van der Waals surface area contributed by atoms with E-state index in [4.69, 9.17) is 4.74 Å². The summed E-state index contributed by atoms with van der Waals surface area (Å²) in [6.07, 6.45) is 2.00. The van der Waals surface area contributed by atoms with Gasteiger partial charge >= 0.3 is 0 Å². The molecule has 0 radical (unpaired) electrons. The van der Waals surface area contributed by atoms with Gasteiger partial charge in [0.1, 0.15) is 5.82 Å². The summed E-state index contributed by atoms with van der Waals surface area (Å²) in [7, 11) is 0. The summed E-state index contributed by atoms with van der Waals surface area (Å²) in [5.41, 5.74) is 1.15. The van der Waals surface area contributed by atoms with Gasteiger partial charge in [-0.3, -0.25) is 4.79 Å². The largest absolute Gasteiger partial charge is 0.376 e. The number of hydrogen-bond donors (Lipinski definition) is 0. The van der Waals surface area contributed by atoms with E-state index in [0.29, 0.717) is 12.1 Å². The summed E-state index contributed by atoms with van der Waals surface area (Å²) in [5, 5.41) is 0. The molecule has 1 saturated heterocycles. The standard InChI is InChI=1S/C18H18FNO2/c19-15-7-4-6-14(12-15)18(21)20(13-17-10-5-11-22-17)16-8-2-1-3-9-16/h1-4,6-9,12,17H,5,10-11,13H2. The van der Waals surface area contributed by atoms with Crippen LogP contribution in [0.4, 0.5) is 10.1 Å². The number of carbonyl (C=O) groups is 1. The zero-order chi connectivity index (χ0) is 15.4. The number of nitrogens with zero attached hydrogens (tertiary/aromatic N) is 1. The number of amides is 1. The van der Waals surface area contributed by atoms with Crippen LogP contribution in [-0.4, -0.2) is 25.2 Å². The van der Waals surface area contributed by atoms with Crippen molar-refractivity contribution in [3.63, 3.8) is 0 Å². The maximum absolute atomic E-state index is 13.4. The molecule has 0 aliphatic carbocycles. The van der Waals surface area contributed by atoms with E-state index in [0.717, 1.165) is 25.1 Å². The molecule has 2 aromatic rings. The van der Waals surface area contributed by atoms with Gasteiger partial charge < -0.3 is 9.64 Å². The van der Waals surface area contributed by atoms with Crippen molar-refractivity contribution < 1.29 is 13.9 Å². The molecule has 1 aliphatic heterocycles. The average Bonchev–Trinajstić information content (AvgIpc) is 3.06. The lowest BCUT2D eigenvalue weighted by molar-refractivity contribution is 0.0917. The smallest absolute Gasteiger partial charge is 0.258 e. The highest BCUT2D eigenvalue weighted by Gasteiger charge is 2.24. The molecule has 2 aromatic carbocycles. The molecular weight excluding hydrogens is 281 g/mol. The molecule has 0 bridgehead atoms. The fourth-order valence-corrected chi connectivity index (χ4v) is 2.68. The first-order valence-electron chi connectivity index (χ1n) is 7.48. The molecule has 0 spiro atoms. The number of carbonyl (C=O) groups excluding carboxylic acids is 1. The van der Waals surface area contributed by atoms with Crippen LogP contribution >= 0.6 is 0 Å². The number of hydrogen-bond acceptors (Lipinski definition) is 2. The Hall–Kier alpha value is -2.20. The molecule has 1 unspecified atom stereocenters. The zero-order valence-corrected chi connectivity index (χ0v) is 12.2. The fraction of sp³-hybridized carbons (Fsp3) is 0.278. The van der Waals surface area contributed by atoms with E-state index in [-0.39, 0.29) is 12.0 Å². The van der Waals surface area contributed by atoms with Crippen LogP contribution in [0.25, 0.3) is 0 Å². The van der Waals surface area contributed by atoms with E-state index in [1.807, 2.05) is 30.3 Å². The lowest BCUT2D eigenvalue weighted by atomic mass is 10.1. The Labute approximate surface area is 129 Å². The van der Waals surface area contributed by atoms with Crippen molar-refractivity contribution >= 4 is 11.6 Å². The highest BCUT2D eigenvalue weighted by atomic mass is 19.1. The van der Waals surface area contributed by atoms with Gasteiger partial charge in [0, 0.05) is 17.9 Å². The van der Waals surface area contributed by atoms with Gasteiger partial charge in [0.05, 0.1) is 12.6 Å². The first-order valence-corrected chi connectivity index (χ1v) is 7.48. The molecule has 3 nitrogen and oxygen atoms in total. The monoisotopic (exact) mass is 299 g/mol. The van der Waals surface area contributed by atoms with Crippen molar-refractivity contribution in [2.24, 2.45) is 0 Å². The fourth-order valence-electron chi connectivity index (χ4n) is 2.68. The van der Waals surface area contributed by atoms with Crippen molar-refractivity contribution in [3.8, 4) is 0 Å². The van der Waals surface area contributed by atoms with E-state index in [9.17, 15) is 9.18 Å². The van der Waals surface area contributed by atoms with Gasteiger partial charge in [-0.1, -0.05) is 24.3 Å². The quantitative estimate of drug-likeness (QED) is 0.862. The van der Waals surface area contributed by atoms with Gasteiger partial charge in [-0.2, -0.15) is 0 Å². The second kappa shape index (κ2) is 6.71. The van der Waals surface area contributed by atoms with Gasteiger partial charge in [0.25, 0.3) is 5.91 Å². The molecular formula is C18H18FNO2. The summed E-state index contributed by atoms with van der Waals surface area (Å²) >= 11 is 0. The molecule has 1 aliphatic rings. The third kappa shape index (κ3) is 3.34. The highest BCUT2D eigenvalue weighted by Crippen LogP contribution is 2.21. The van der Waals surface area contributed by atoms with E-state index in [2.05, 4.69) is 0 Å². The van der Waals surface area contributed by atoms with Crippen molar-refractivity contribution in [3.05, 3.63) is 66.0 Å². The number of ether oxygens (including phenoxy) is 1. The van der Waals surface area contributed by atoms with Crippen LogP contribution in [0, 0.1) is 5.82 Å². The Morgan fingerprint density at radius 1 is 1.18 bits per heavy atom. The van der Waals surface area contributed by atoms with E-state index < -0.39 is 5.82 Å². The van der Waals surface area contributed by atoms with Crippen LogP contribution in [0.3, 0.4) is 0 Å². The minimum absolute atomic E-state index is 0.0396.